The summed E-state index contributed by atoms with van der Waals surface area (Å²) < 4.78 is 0. The molecular formula is C19H26N2O2. The predicted molar refractivity (Wildman–Crippen MR) is 90.0 cm³/mol. The van der Waals surface area contributed by atoms with Crippen LogP contribution in [0.25, 0.3) is 0 Å². The van der Waals surface area contributed by atoms with Crippen molar-refractivity contribution in [3.63, 3.8) is 0 Å². The zero-order valence-electron chi connectivity index (χ0n) is 13.9. The third-order valence-corrected chi connectivity index (χ3v) is 5.24. The minimum atomic E-state index is -0.252. The van der Waals surface area contributed by atoms with Gasteiger partial charge in [-0.2, -0.15) is 0 Å². The van der Waals surface area contributed by atoms with E-state index in [9.17, 15) is 9.59 Å². The fraction of sp³-hybridized carbons (Fsp3) is 0.579. The molecule has 0 aliphatic carbocycles. The lowest BCUT2D eigenvalue weighted by molar-refractivity contribution is -0.144. The van der Waals surface area contributed by atoms with E-state index in [1.54, 1.807) is 4.90 Å². The summed E-state index contributed by atoms with van der Waals surface area (Å²) in [5, 5.41) is 0. The second-order valence-electron chi connectivity index (χ2n) is 6.62. The highest BCUT2D eigenvalue weighted by molar-refractivity contribution is 5.88. The third kappa shape index (κ3) is 3.41. The number of nitrogens with zero attached hydrogens (tertiary/aromatic N) is 2. The molecule has 0 radical (unpaired) electrons. The van der Waals surface area contributed by atoms with E-state index in [1.165, 1.54) is 5.56 Å². The molecule has 2 amide bonds. The maximum Gasteiger partial charge on any atom is 0.245 e. The zero-order valence-corrected chi connectivity index (χ0v) is 13.9. The van der Waals surface area contributed by atoms with Gasteiger partial charge >= 0.3 is 0 Å². The van der Waals surface area contributed by atoms with Crippen molar-refractivity contribution in [2.24, 2.45) is 0 Å². The number of rotatable bonds is 4. The van der Waals surface area contributed by atoms with Gasteiger partial charge in [-0.3, -0.25) is 9.59 Å². The first-order valence-corrected chi connectivity index (χ1v) is 8.84. The molecule has 124 valence electrons. The third-order valence-electron chi connectivity index (χ3n) is 5.24. The molecule has 2 aliphatic rings. The first kappa shape index (κ1) is 16.0. The molecule has 2 saturated heterocycles. The molecule has 4 heteroatoms. The summed E-state index contributed by atoms with van der Waals surface area (Å²) in [5.41, 5.74) is 1.38. The summed E-state index contributed by atoms with van der Waals surface area (Å²) in [7, 11) is 0. The number of benzene rings is 1. The van der Waals surface area contributed by atoms with E-state index in [2.05, 4.69) is 24.3 Å². The van der Waals surface area contributed by atoms with Crippen LogP contribution in [0.2, 0.25) is 0 Å². The largest absolute Gasteiger partial charge is 0.341 e. The molecule has 2 aliphatic heterocycles. The second-order valence-corrected chi connectivity index (χ2v) is 6.62. The van der Waals surface area contributed by atoms with E-state index in [-0.39, 0.29) is 17.9 Å². The number of hydrogen-bond donors (Lipinski definition) is 0. The molecule has 3 rings (SSSR count). The molecule has 1 atom stereocenters. The van der Waals surface area contributed by atoms with Crippen molar-refractivity contribution in [2.75, 3.05) is 19.6 Å². The monoisotopic (exact) mass is 314 g/mol. The Bertz CT molecular complexity index is 550. The van der Waals surface area contributed by atoms with E-state index < -0.39 is 0 Å². The van der Waals surface area contributed by atoms with E-state index in [4.69, 9.17) is 0 Å². The summed E-state index contributed by atoms with van der Waals surface area (Å²) in [6.07, 6.45) is 4.22. The van der Waals surface area contributed by atoms with Gasteiger partial charge in [0.05, 0.1) is 0 Å². The standard InChI is InChI=1S/C19H26N2O2/c1-2-17(21-12-6-9-18(21)22)19(23)20-13-10-16(11-14-20)15-7-4-3-5-8-15/h3-5,7-8,16-17H,2,6,9-14H2,1H3/t17-/m0/s1. The lowest BCUT2D eigenvalue weighted by Crippen LogP contribution is -2.50. The lowest BCUT2D eigenvalue weighted by atomic mass is 9.89. The molecule has 0 saturated carbocycles. The zero-order chi connectivity index (χ0) is 16.2. The molecule has 2 fully saturated rings. The number of hydrogen-bond acceptors (Lipinski definition) is 2. The molecule has 0 spiro atoms. The first-order chi connectivity index (χ1) is 11.2. The Labute approximate surface area is 138 Å². The Morgan fingerprint density at radius 1 is 1.17 bits per heavy atom. The van der Waals surface area contributed by atoms with Gasteiger partial charge in [0.25, 0.3) is 0 Å². The Morgan fingerprint density at radius 3 is 2.43 bits per heavy atom. The minimum absolute atomic E-state index is 0.143. The quantitative estimate of drug-likeness (QED) is 0.857. The molecule has 0 bridgehead atoms. The maximum atomic E-state index is 12.8. The fourth-order valence-electron chi connectivity index (χ4n) is 3.90. The molecule has 0 aromatic heterocycles. The van der Waals surface area contributed by atoms with Crippen LogP contribution in [0.5, 0.6) is 0 Å². The lowest BCUT2D eigenvalue weighted by Gasteiger charge is -2.36. The predicted octanol–water partition coefficient (Wildman–Crippen LogP) is 2.79. The van der Waals surface area contributed by atoms with E-state index in [0.29, 0.717) is 18.8 Å². The van der Waals surface area contributed by atoms with Crippen LogP contribution < -0.4 is 0 Å². The average Bonchev–Trinajstić information content (AvgIpc) is 3.02. The van der Waals surface area contributed by atoms with Crippen LogP contribution in [0.1, 0.15) is 50.5 Å². The Balaban J connectivity index is 1.60. The van der Waals surface area contributed by atoms with Crippen molar-refractivity contribution in [1.29, 1.82) is 0 Å². The molecule has 2 heterocycles. The van der Waals surface area contributed by atoms with Gasteiger partial charge in [0.15, 0.2) is 0 Å². The van der Waals surface area contributed by atoms with Crippen LogP contribution in [0.3, 0.4) is 0 Å². The normalized spacial score (nSPS) is 20.8. The molecule has 1 aromatic carbocycles. The van der Waals surface area contributed by atoms with Crippen LogP contribution in [-0.2, 0) is 9.59 Å². The number of likely N-dealkylation sites (tertiary alicyclic amines) is 2. The van der Waals surface area contributed by atoms with Crippen molar-refractivity contribution in [2.45, 2.75) is 51.0 Å². The highest BCUT2D eigenvalue weighted by Crippen LogP contribution is 2.29. The Kier molecular flexibility index (Phi) is 4.99. The van der Waals surface area contributed by atoms with E-state index in [0.717, 1.165) is 38.9 Å². The van der Waals surface area contributed by atoms with Crippen LogP contribution in [0, 0.1) is 0 Å². The summed E-state index contributed by atoms with van der Waals surface area (Å²) >= 11 is 0. The Hall–Kier alpha value is -1.84. The molecule has 23 heavy (non-hydrogen) atoms. The molecule has 4 nitrogen and oxygen atoms in total. The first-order valence-electron chi connectivity index (χ1n) is 8.84. The van der Waals surface area contributed by atoms with Gasteiger partial charge in [-0.15, -0.1) is 0 Å². The highest BCUT2D eigenvalue weighted by Gasteiger charge is 2.35. The Morgan fingerprint density at radius 2 is 1.87 bits per heavy atom. The van der Waals surface area contributed by atoms with Gasteiger partial charge in [-0.1, -0.05) is 37.3 Å². The van der Waals surface area contributed by atoms with Crippen molar-refractivity contribution < 1.29 is 9.59 Å². The van der Waals surface area contributed by atoms with Crippen molar-refractivity contribution in [1.82, 2.24) is 9.80 Å². The highest BCUT2D eigenvalue weighted by atomic mass is 16.2. The number of amides is 2. The fourth-order valence-corrected chi connectivity index (χ4v) is 3.90. The van der Waals surface area contributed by atoms with Crippen LogP contribution in [-0.4, -0.2) is 47.3 Å². The minimum Gasteiger partial charge on any atom is -0.341 e. The smallest absolute Gasteiger partial charge is 0.245 e. The van der Waals surface area contributed by atoms with Gasteiger partial charge in [0, 0.05) is 26.1 Å². The van der Waals surface area contributed by atoms with Crippen molar-refractivity contribution in [3.05, 3.63) is 35.9 Å². The van der Waals surface area contributed by atoms with Crippen molar-refractivity contribution >= 4 is 11.8 Å². The van der Waals surface area contributed by atoms with Crippen LogP contribution in [0.4, 0.5) is 0 Å². The SMILES string of the molecule is CC[C@@H](C(=O)N1CCC(c2ccccc2)CC1)N1CCCC1=O. The molecular weight excluding hydrogens is 288 g/mol. The summed E-state index contributed by atoms with van der Waals surface area (Å²) in [5.74, 6) is 0.840. The van der Waals surface area contributed by atoms with Gasteiger partial charge in [0.2, 0.25) is 11.8 Å². The molecule has 0 N–H and O–H groups in total. The summed E-state index contributed by atoms with van der Waals surface area (Å²) in [6.45, 7) is 4.35. The average molecular weight is 314 g/mol. The van der Waals surface area contributed by atoms with E-state index >= 15 is 0 Å². The maximum absolute atomic E-state index is 12.8. The summed E-state index contributed by atoms with van der Waals surface area (Å²) in [4.78, 5) is 28.6. The number of piperidine rings is 1. The number of carbonyl (C=O) groups is 2. The molecule has 0 unspecified atom stereocenters. The van der Waals surface area contributed by atoms with Crippen molar-refractivity contribution in [3.8, 4) is 0 Å². The van der Waals surface area contributed by atoms with Gasteiger partial charge in [-0.25, -0.2) is 0 Å². The molecule has 1 aromatic rings. The van der Waals surface area contributed by atoms with Gasteiger partial charge < -0.3 is 9.80 Å². The van der Waals surface area contributed by atoms with Gasteiger partial charge in [0.1, 0.15) is 6.04 Å². The van der Waals surface area contributed by atoms with Crippen LogP contribution in [0.15, 0.2) is 30.3 Å². The summed E-state index contributed by atoms with van der Waals surface area (Å²) in [6, 6.07) is 10.3. The van der Waals surface area contributed by atoms with Crippen LogP contribution >= 0.6 is 0 Å². The second kappa shape index (κ2) is 7.16. The number of carbonyl (C=O) groups excluding carboxylic acids is 2. The van der Waals surface area contributed by atoms with Gasteiger partial charge in [-0.05, 0) is 37.2 Å². The van der Waals surface area contributed by atoms with E-state index in [1.807, 2.05) is 17.9 Å². The topological polar surface area (TPSA) is 40.6 Å².